The van der Waals surface area contributed by atoms with Crippen molar-refractivity contribution in [2.75, 3.05) is 31.6 Å². The van der Waals surface area contributed by atoms with Crippen LogP contribution in [0.4, 0.5) is 0 Å². The number of thioether (sulfide) groups is 1. The largest absolute Gasteiger partial charge is 0.508 e. The zero-order valence-corrected chi connectivity index (χ0v) is 44.4. The lowest BCUT2D eigenvalue weighted by molar-refractivity contribution is -0.143. The zero-order valence-electron chi connectivity index (χ0n) is 43.6. The minimum absolute atomic E-state index is 0.0575. The van der Waals surface area contributed by atoms with Gasteiger partial charge < -0.3 is 79.3 Å². The van der Waals surface area contributed by atoms with Crippen molar-refractivity contribution in [2.45, 2.75) is 140 Å². The third kappa shape index (κ3) is 23.9. The summed E-state index contributed by atoms with van der Waals surface area (Å²) in [6.45, 7) is 5.09. The van der Waals surface area contributed by atoms with Gasteiger partial charge >= 0.3 is 17.9 Å². The number of carboxylic acid groups (broad SMARTS) is 3. The number of primary amides is 1. The lowest BCUT2D eigenvalue weighted by atomic mass is 9.98. The molecule has 0 aliphatic carbocycles. The Bertz CT molecular complexity index is 2290. The SMILES string of the molecule is CSCC[C@H](NC(=O)CNC(=O)[C@@H](N)CCC(N)=O)C(=O)N1CCC[C@H]1C(=O)N[C@@H](CCC(=O)O)C(=O)NCC(=O)N[C@@H](CC(=O)O)C(=O)N[C@@H](CC(C)C)C(=O)N[C@H](C(=O)N[C@@H](Cc1ccc(O)cc1)C(=O)O)C(C)C. The fourth-order valence-electron chi connectivity index (χ4n) is 7.79. The van der Waals surface area contributed by atoms with E-state index in [1.165, 1.54) is 40.9 Å². The van der Waals surface area contributed by atoms with Crippen molar-refractivity contribution in [3.8, 4) is 5.75 Å². The fourth-order valence-corrected chi connectivity index (χ4v) is 8.26. The summed E-state index contributed by atoms with van der Waals surface area (Å²) < 4.78 is 0. The van der Waals surface area contributed by atoms with Crippen molar-refractivity contribution in [2.24, 2.45) is 23.3 Å². The number of rotatable bonds is 34. The molecule has 0 radical (unpaired) electrons. The Morgan fingerprint density at radius 2 is 1.25 bits per heavy atom. The molecule has 8 atom stereocenters. The van der Waals surface area contributed by atoms with Crippen molar-refractivity contribution < 1.29 is 82.8 Å². The summed E-state index contributed by atoms with van der Waals surface area (Å²) in [7, 11) is 0. The number of nitrogens with two attached hydrogens (primary N) is 2. The number of carbonyl (C=O) groups excluding carboxylic acids is 10. The molecule has 0 saturated carbocycles. The van der Waals surface area contributed by atoms with Gasteiger partial charge in [0.1, 0.15) is 48.0 Å². The van der Waals surface area contributed by atoms with E-state index in [0.717, 1.165) is 0 Å². The molecule has 1 heterocycles. The lowest BCUT2D eigenvalue weighted by Crippen LogP contribution is -2.59. The Morgan fingerprint density at radius 1 is 0.662 bits per heavy atom. The number of phenolic OH excluding ortho intramolecular Hbond substituents is 1. The predicted octanol–water partition coefficient (Wildman–Crippen LogP) is -3.46. The highest BCUT2D eigenvalue weighted by molar-refractivity contribution is 7.98. The van der Waals surface area contributed by atoms with E-state index in [0.29, 0.717) is 17.7 Å². The summed E-state index contributed by atoms with van der Waals surface area (Å²) in [4.78, 5) is 168. The molecule has 0 aromatic heterocycles. The van der Waals surface area contributed by atoms with Crippen LogP contribution in [-0.2, 0) is 68.7 Å². The molecule has 1 aromatic rings. The smallest absolute Gasteiger partial charge is 0.326 e. The van der Waals surface area contributed by atoms with E-state index in [4.69, 9.17) is 11.5 Å². The van der Waals surface area contributed by atoms with E-state index < -0.39 is 164 Å². The molecule has 77 heavy (non-hydrogen) atoms. The maximum Gasteiger partial charge on any atom is 0.326 e. The maximum atomic E-state index is 13.9. The monoisotopic (exact) mass is 1110 g/mol. The predicted molar refractivity (Wildman–Crippen MR) is 275 cm³/mol. The fraction of sp³-hybridized carbons (Fsp3) is 0.604. The second-order valence-corrected chi connectivity index (χ2v) is 20.0. The molecular formula is C48H73N11O17S. The van der Waals surface area contributed by atoms with E-state index in [2.05, 4.69) is 42.5 Å². The number of hydrogen-bond acceptors (Lipinski definition) is 16. The van der Waals surface area contributed by atoms with Gasteiger partial charge in [-0.2, -0.15) is 11.8 Å². The van der Waals surface area contributed by atoms with Gasteiger partial charge in [0.15, 0.2) is 0 Å². The Morgan fingerprint density at radius 3 is 1.79 bits per heavy atom. The first-order chi connectivity index (χ1) is 36.1. The molecule has 0 spiro atoms. The number of phenols is 1. The molecule has 428 valence electrons. The number of likely N-dealkylation sites (tertiary alicyclic amines) is 1. The van der Waals surface area contributed by atoms with Gasteiger partial charge in [-0.15, -0.1) is 0 Å². The first kappa shape index (κ1) is 65.6. The number of benzene rings is 1. The van der Waals surface area contributed by atoms with Crippen molar-refractivity contribution in [3.05, 3.63) is 29.8 Å². The molecule has 0 bridgehead atoms. The number of carboxylic acids is 3. The Labute approximate surface area is 448 Å². The molecule has 28 nitrogen and oxygen atoms in total. The molecule has 1 aromatic carbocycles. The number of carbonyl (C=O) groups is 13. The van der Waals surface area contributed by atoms with Gasteiger partial charge in [0.2, 0.25) is 59.1 Å². The summed E-state index contributed by atoms with van der Waals surface area (Å²) in [6, 6.07) is -5.52. The van der Waals surface area contributed by atoms with Crippen LogP contribution in [-0.4, -0.2) is 182 Å². The maximum absolute atomic E-state index is 13.9. The van der Waals surface area contributed by atoms with Crippen LogP contribution in [0.2, 0.25) is 0 Å². The number of aliphatic carboxylic acids is 3. The molecule has 29 heteroatoms. The number of amides is 10. The van der Waals surface area contributed by atoms with E-state index in [1.54, 1.807) is 34.0 Å². The summed E-state index contributed by atoms with van der Waals surface area (Å²) in [5.41, 5.74) is 11.3. The van der Waals surface area contributed by atoms with Crippen LogP contribution in [0.3, 0.4) is 0 Å². The van der Waals surface area contributed by atoms with Crippen LogP contribution in [0, 0.1) is 11.8 Å². The van der Waals surface area contributed by atoms with Gasteiger partial charge in [0, 0.05) is 25.8 Å². The first-order valence-corrected chi connectivity index (χ1v) is 26.2. The topological polar surface area (TPSA) is 454 Å². The van der Waals surface area contributed by atoms with Crippen molar-refractivity contribution in [1.82, 2.24) is 47.4 Å². The number of aromatic hydroxyl groups is 1. The van der Waals surface area contributed by atoms with Crippen molar-refractivity contribution >= 4 is 88.7 Å². The van der Waals surface area contributed by atoms with Crippen LogP contribution < -0.4 is 54.0 Å². The average Bonchev–Trinajstić information content (AvgIpc) is 3.85. The van der Waals surface area contributed by atoms with E-state index in [-0.39, 0.29) is 56.7 Å². The molecule has 1 aliphatic heterocycles. The normalized spacial score (nSPS) is 15.7. The van der Waals surface area contributed by atoms with Gasteiger partial charge in [-0.1, -0.05) is 39.8 Å². The standard InChI is InChI=1S/C48H73N11O17S/c1-24(2)19-31(44(71)58-40(25(3)4)46(73)57-33(48(75)76)20-26-8-10-27(60)11-9-26)56-43(70)32(21-39(66)67)54-37(63)23-52-42(69)29(13-15-38(64)65)55-45(72)34-7-6-17-59(34)47(74)30(16-18-77-5)53-36(62)22-51-41(68)28(49)12-14-35(50)61/h8-11,24-25,28-34,40,60H,6-7,12-23,49H2,1-5H3,(H2,50,61)(H,51,68)(H,52,69)(H,53,62)(H,54,63)(H,55,72)(H,56,70)(H,57,73)(H,58,71)(H,64,65)(H,66,67)(H,75,76)/t28-,29-,30-,31-,32-,33-,34-,40-/m0/s1. The van der Waals surface area contributed by atoms with Crippen molar-refractivity contribution in [1.29, 1.82) is 0 Å². The zero-order chi connectivity index (χ0) is 58.1. The Balaban J connectivity index is 2.18. The summed E-state index contributed by atoms with van der Waals surface area (Å²) >= 11 is 1.36. The second-order valence-electron chi connectivity index (χ2n) is 19.0. The molecule has 1 aliphatic rings. The molecule has 16 N–H and O–H groups in total. The van der Waals surface area contributed by atoms with E-state index in [9.17, 15) is 82.8 Å². The molecule has 10 amide bonds. The summed E-state index contributed by atoms with van der Waals surface area (Å²) in [5, 5.41) is 57.6. The first-order valence-electron chi connectivity index (χ1n) is 24.8. The Hall–Kier alpha value is -7.56. The molecular weight excluding hydrogens is 1030 g/mol. The number of nitrogens with one attached hydrogen (secondary N) is 8. The third-order valence-electron chi connectivity index (χ3n) is 11.9. The minimum atomic E-state index is -1.85. The molecule has 1 saturated heterocycles. The highest BCUT2D eigenvalue weighted by atomic mass is 32.2. The van der Waals surface area contributed by atoms with Crippen LogP contribution >= 0.6 is 11.8 Å². The molecule has 2 rings (SSSR count). The molecule has 1 fully saturated rings. The summed E-state index contributed by atoms with van der Waals surface area (Å²) in [5.74, 6) is -13.7. The highest BCUT2D eigenvalue weighted by Gasteiger charge is 2.40. The van der Waals surface area contributed by atoms with Gasteiger partial charge in [-0.25, -0.2) is 4.79 Å². The van der Waals surface area contributed by atoms with Gasteiger partial charge in [-0.05, 0) is 80.1 Å². The van der Waals surface area contributed by atoms with Gasteiger partial charge in [-0.3, -0.25) is 57.5 Å². The molecule has 0 unspecified atom stereocenters. The Kier molecular flexibility index (Phi) is 27.9. The van der Waals surface area contributed by atoms with Crippen LogP contribution in [0.15, 0.2) is 24.3 Å². The van der Waals surface area contributed by atoms with E-state index >= 15 is 0 Å². The van der Waals surface area contributed by atoms with Gasteiger partial charge in [0.25, 0.3) is 0 Å². The number of nitrogens with zero attached hydrogens (tertiary/aromatic N) is 1. The van der Waals surface area contributed by atoms with Gasteiger partial charge in [0.05, 0.1) is 25.6 Å². The lowest BCUT2D eigenvalue weighted by Gasteiger charge is -2.30. The second kappa shape index (κ2) is 32.8. The minimum Gasteiger partial charge on any atom is -0.508 e. The average molecular weight is 1110 g/mol. The summed E-state index contributed by atoms with van der Waals surface area (Å²) in [6.07, 6.45) is -0.328. The quantitative estimate of drug-likeness (QED) is 0.0319. The van der Waals surface area contributed by atoms with Crippen LogP contribution in [0.5, 0.6) is 5.75 Å². The third-order valence-corrected chi connectivity index (χ3v) is 12.5. The van der Waals surface area contributed by atoms with Crippen LogP contribution in [0.25, 0.3) is 0 Å². The number of hydrogen-bond donors (Lipinski definition) is 14. The van der Waals surface area contributed by atoms with E-state index in [1.807, 2.05) is 0 Å². The van der Waals surface area contributed by atoms with Crippen molar-refractivity contribution in [3.63, 3.8) is 0 Å². The highest BCUT2D eigenvalue weighted by Crippen LogP contribution is 2.21. The van der Waals surface area contributed by atoms with Crippen LogP contribution in [0.1, 0.15) is 91.0 Å².